The predicted octanol–water partition coefficient (Wildman–Crippen LogP) is 2.64. The van der Waals surface area contributed by atoms with Gasteiger partial charge in [0.1, 0.15) is 0 Å². The van der Waals surface area contributed by atoms with Crippen molar-refractivity contribution in [1.82, 2.24) is 0 Å². The average molecular weight is 244 g/mol. The summed E-state index contributed by atoms with van der Waals surface area (Å²) in [6.45, 7) is 0. The molecule has 1 aliphatic carbocycles. The van der Waals surface area contributed by atoms with Gasteiger partial charge in [0.15, 0.2) is 5.41 Å². The minimum absolute atomic E-state index is 0. The van der Waals surface area contributed by atoms with Crippen molar-refractivity contribution in [2.45, 2.75) is 31.2 Å². The summed E-state index contributed by atoms with van der Waals surface area (Å²) in [6, 6.07) is -0.997. The highest BCUT2D eigenvalue weighted by Crippen LogP contribution is 2.61. The maximum atomic E-state index is 12.0. The van der Waals surface area contributed by atoms with Gasteiger partial charge in [-0.2, -0.15) is 26.3 Å². The van der Waals surface area contributed by atoms with Gasteiger partial charge in [-0.3, -0.25) is 0 Å². The number of hydrogen-bond donors (Lipinski definition) is 1. The van der Waals surface area contributed by atoms with Crippen molar-refractivity contribution in [2.75, 3.05) is 0 Å². The zero-order valence-electron chi connectivity index (χ0n) is 6.74. The summed E-state index contributed by atoms with van der Waals surface area (Å²) in [5, 5.41) is 0. The first-order chi connectivity index (χ1) is 5.60. The van der Waals surface area contributed by atoms with Crippen LogP contribution in [0.2, 0.25) is 0 Å². The Kier molecular flexibility index (Phi) is 3.40. The lowest BCUT2D eigenvalue weighted by molar-refractivity contribution is -0.368. The van der Waals surface area contributed by atoms with E-state index in [4.69, 9.17) is 5.73 Å². The molecule has 14 heavy (non-hydrogen) atoms. The van der Waals surface area contributed by atoms with Crippen molar-refractivity contribution in [3.8, 4) is 0 Å². The highest BCUT2D eigenvalue weighted by atomic mass is 35.5. The van der Waals surface area contributed by atoms with Crippen LogP contribution in [-0.4, -0.2) is 18.4 Å². The average Bonchev–Trinajstić information content (AvgIpc) is 1.74. The van der Waals surface area contributed by atoms with Crippen molar-refractivity contribution in [2.24, 2.45) is 11.1 Å². The van der Waals surface area contributed by atoms with E-state index < -0.39 is 36.7 Å². The molecule has 1 saturated carbocycles. The Labute approximate surface area is 82.0 Å². The lowest BCUT2D eigenvalue weighted by Gasteiger charge is -2.47. The maximum Gasteiger partial charge on any atom is 0.403 e. The molecular formula is C6H8ClF6N. The van der Waals surface area contributed by atoms with Crippen LogP contribution in [0.4, 0.5) is 26.3 Å². The molecule has 1 nitrogen and oxygen atoms in total. The third-order valence-corrected chi connectivity index (χ3v) is 2.31. The maximum absolute atomic E-state index is 12.0. The molecule has 1 aliphatic rings. The minimum Gasteiger partial charge on any atom is -0.328 e. The third kappa shape index (κ3) is 1.79. The smallest absolute Gasteiger partial charge is 0.328 e. The fourth-order valence-corrected chi connectivity index (χ4v) is 1.46. The molecule has 0 aromatic heterocycles. The molecule has 0 aliphatic heterocycles. The summed E-state index contributed by atoms with van der Waals surface area (Å²) in [4.78, 5) is 0. The Hall–Kier alpha value is -0.170. The van der Waals surface area contributed by atoms with E-state index in [2.05, 4.69) is 0 Å². The summed E-state index contributed by atoms with van der Waals surface area (Å²) in [5.74, 6) is 0. The predicted molar refractivity (Wildman–Crippen MR) is 39.0 cm³/mol. The van der Waals surface area contributed by atoms with Crippen molar-refractivity contribution in [1.29, 1.82) is 0 Å². The molecule has 0 unspecified atom stereocenters. The molecule has 1 rings (SSSR count). The highest BCUT2D eigenvalue weighted by molar-refractivity contribution is 5.85. The standard InChI is InChI=1S/C6H7F6N.ClH/c7-5(8,9)4(6(10,11)12)1-3(13)2-4;/h3H,1-2,13H2;1H. The molecule has 0 atom stereocenters. The molecule has 0 bridgehead atoms. The molecule has 0 amide bonds. The SMILES string of the molecule is Cl.NC1CC(C(F)(F)F)(C(F)(F)F)C1. The van der Waals surface area contributed by atoms with Gasteiger partial charge >= 0.3 is 12.4 Å². The topological polar surface area (TPSA) is 26.0 Å². The normalized spacial score (nSPS) is 22.5. The second-order valence-corrected chi connectivity index (χ2v) is 3.25. The number of nitrogens with two attached hydrogens (primary N) is 1. The molecule has 8 heteroatoms. The van der Waals surface area contributed by atoms with Crippen LogP contribution in [0.15, 0.2) is 0 Å². The molecule has 1 fully saturated rings. The molecule has 0 saturated heterocycles. The lowest BCUT2D eigenvalue weighted by Crippen LogP contribution is -2.62. The molecule has 0 heterocycles. The van der Waals surface area contributed by atoms with E-state index in [1.807, 2.05) is 0 Å². The highest BCUT2D eigenvalue weighted by Gasteiger charge is 2.74. The molecule has 2 N–H and O–H groups in total. The summed E-state index contributed by atoms with van der Waals surface area (Å²) >= 11 is 0. The van der Waals surface area contributed by atoms with Crippen LogP contribution in [0, 0.1) is 5.41 Å². The van der Waals surface area contributed by atoms with E-state index in [-0.39, 0.29) is 12.4 Å². The van der Waals surface area contributed by atoms with Gasteiger partial charge in [-0.15, -0.1) is 12.4 Å². The molecule has 86 valence electrons. The summed E-state index contributed by atoms with van der Waals surface area (Å²) < 4.78 is 72.3. The number of rotatable bonds is 0. The van der Waals surface area contributed by atoms with Crippen molar-refractivity contribution in [3.63, 3.8) is 0 Å². The van der Waals surface area contributed by atoms with E-state index in [1.165, 1.54) is 0 Å². The Balaban J connectivity index is 0.00000169. The fourth-order valence-electron chi connectivity index (χ4n) is 1.46. The Morgan fingerprint density at radius 3 is 1.29 bits per heavy atom. The second kappa shape index (κ2) is 3.44. The zero-order chi connectivity index (χ0) is 10.5. The number of hydrogen-bond acceptors (Lipinski definition) is 1. The minimum atomic E-state index is -5.25. The molecular weight excluding hydrogens is 236 g/mol. The molecule has 0 aromatic carbocycles. The number of halogens is 7. The molecule has 0 radical (unpaired) electrons. The van der Waals surface area contributed by atoms with Crippen molar-refractivity contribution < 1.29 is 26.3 Å². The lowest BCUT2D eigenvalue weighted by atomic mass is 9.64. The van der Waals surface area contributed by atoms with E-state index in [0.717, 1.165) is 0 Å². The van der Waals surface area contributed by atoms with Gasteiger partial charge < -0.3 is 5.73 Å². The van der Waals surface area contributed by atoms with Gasteiger partial charge in [-0.05, 0) is 12.8 Å². The van der Waals surface area contributed by atoms with Gasteiger partial charge in [-0.25, -0.2) is 0 Å². The van der Waals surface area contributed by atoms with Gasteiger partial charge in [0.2, 0.25) is 0 Å². The van der Waals surface area contributed by atoms with E-state index in [1.54, 1.807) is 0 Å². The van der Waals surface area contributed by atoms with Crippen LogP contribution in [0.3, 0.4) is 0 Å². The fraction of sp³-hybridized carbons (Fsp3) is 1.00. The number of alkyl halides is 6. The van der Waals surface area contributed by atoms with Crippen LogP contribution in [0.1, 0.15) is 12.8 Å². The van der Waals surface area contributed by atoms with Gasteiger partial charge in [0, 0.05) is 6.04 Å². The van der Waals surface area contributed by atoms with Crippen LogP contribution in [0.25, 0.3) is 0 Å². The van der Waals surface area contributed by atoms with Crippen LogP contribution in [0.5, 0.6) is 0 Å². The zero-order valence-corrected chi connectivity index (χ0v) is 7.56. The monoisotopic (exact) mass is 243 g/mol. The van der Waals surface area contributed by atoms with E-state index >= 15 is 0 Å². The molecule has 0 aromatic rings. The quantitative estimate of drug-likeness (QED) is 0.651. The van der Waals surface area contributed by atoms with Crippen LogP contribution < -0.4 is 5.73 Å². The Morgan fingerprint density at radius 2 is 1.21 bits per heavy atom. The molecule has 0 spiro atoms. The van der Waals surface area contributed by atoms with Gasteiger partial charge in [0.25, 0.3) is 0 Å². The van der Waals surface area contributed by atoms with Crippen LogP contribution >= 0.6 is 12.4 Å². The first kappa shape index (κ1) is 13.8. The Morgan fingerprint density at radius 1 is 0.929 bits per heavy atom. The first-order valence-electron chi connectivity index (χ1n) is 3.49. The second-order valence-electron chi connectivity index (χ2n) is 3.25. The van der Waals surface area contributed by atoms with Crippen molar-refractivity contribution in [3.05, 3.63) is 0 Å². The summed E-state index contributed by atoms with van der Waals surface area (Å²) in [7, 11) is 0. The van der Waals surface area contributed by atoms with E-state index in [9.17, 15) is 26.3 Å². The third-order valence-electron chi connectivity index (χ3n) is 2.31. The first-order valence-corrected chi connectivity index (χ1v) is 3.49. The summed E-state index contributed by atoms with van der Waals surface area (Å²) in [5.41, 5.74) is 1.39. The van der Waals surface area contributed by atoms with Gasteiger partial charge in [0.05, 0.1) is 0 Å². The van der Waals surface area contributed by atoms with E-state index in [0.29, 0.717) is 0 Å². The van der Waals surface area contributed by atoms with Crippen LogP contribution in [-0.2, 0) is 0 Å². The Bertz CT molecular complexity index is 187. The van der Waals surface area contributed by atoms with Gasteiger partial charge in [-0.1, -0.05) is 0 Å². The summed E-state index contributed by atoms with van der Waals surface area (Å²) in [6.07, 6.45) is -12.6. The van der Waals surface area contributed by atoms with Crippen molar-refractivity contribution >= 4 is 12.4 Å². The largest absolute Gasteiger partial charge is 0.403 e.